The van der Waals surface area contributed by atoms with Gasteiger partial charge in [0.1, 0.15) is 5.75 Å². The van der Waals surface area contributed by atoms with Gasteiger partial charge in [0.2, 0.25) is 0 Å². The smallest absolute Gasteiger partial charge is 0.333 e. The van der Waals surface area contributed by atoms with Gasteiger partial charge < -0.3 is 9.47 Å². The molecule has 0 atom stereocenters. The van der Waals surface area contributed by atoms with Gasteiger partial charge in [-0.15, -0.1) is 0 Å². The fourth-order valence-corrected chi connectivity index (χ4v) is 3.54. The van der Waals surface area contributed by atoms with E-state index in [-0.39, 0.29) is 5.97 Å². The van der Waals surface area contributed by atoms with Crippen molar-refractivity contribution in [2.75, 3.05) is 13.2 Å². The fourth-order valence-electron chi connectivity index (χ4n) is 3.54. The Morgan fingerprint density at radius 2 is 1.41 bits per heavy atom. The predicted molar refractivity (Wildman–Crippen MR) is 139 cm³/mol. The molecule has 34 heavy (non-hydrogen) atoms. The summed E-state index contributed by atoms with van der Waals surface area (Å²) in [7, 11) is 0. The molecule has 0 unspecified atom stereocenters. The molecule has 4 heteroatoms. The average molecular weight is 460 g/mol. The number of carbonyl (C=O) groups excluding carboxylic acids is 1. The third-order valence-corrected chi connectivity index (χ3v) is 5.54. The Morgan fingerprint density at radius 1 is 0.853 bits per heavy atom. The van der Waals surface area contributed by atoms with E-state index < -0.39 is 0 Å². The van der Waals surface area contributed by atoms with Crippen molar-refractivity contribution < 1.29 is 14.3 Å². The summed E-state index contributed by atoms with van der Waals surface area (Å²) in [6, 6.07) is 19.9. The fraction of sp³-hybridized carbons (Fsp3) is 0.400. The Labute approximate surface area is 204 Å². The number of nitriles is 1. The van der Waals surface area contributed by atoms with Crippen LogP contribution in [0.3, 0.4) is 0 Å². The molecule has 0 aliphatic rings. The van der Waals surface area contributed by atoms with Crippen LogP contribution in [0.2, 0.25) is 0 Å². The maximum Gasteiger partial charge on any atom is 0.333 e. The number of benzene rings is 2. The molecule has 0 fully saturated rings. The summed E-state index contributed by atoms with van der Waals surface area (Å²) in [5.41, 5.74) is 3.02. The Hall–Kier alpha value is -3.32. The number of allylic oxidation sites excluding steroid dienone is 1. The van der Waals surface area contributed by atoms with Crippen molar-refractivity contribution in [3.63, 3.8) is 0 Å². The van der Waals surface area contributed by atoms with Gasteiger partial charge in [0.05, 0.1) is 24.9 Å². The third-order valence-electron chi connectivity index (χ3n) is 5.54. The van der Waals surface area contributed by atoms with Gasteiger partial charge in [0.25, 0.3) is 0 Å². The number of ether oxygens (including phenoxy) is 2. The van der Waals surface area contributed by atoms with Crippen LogP contribution in [0.15, 0.2) is 66.7 Å². The highest BCUT2D eigenvalue weighted by Gasteiger charge is 2.02. The van der Waals surface area contributed by atoms with Crippen molar-refractivity contribution in [2.45, 2.75) is 64.7 Å². The second-order valence-electron chi connectivity index (χ2n) is 8.55. The first-order chi connectivity index (χ1) is 16.6. The van der Waals surface area contributed by atoms with Gasteiger partial charge in [-0.25, -0.2) is 4.79 Å². The van der Waals surface area contributed by atoms with Crippen molar-refractivity contribution in [3.8, 4) is 11.8 Å². The van der Waals surface area contributed by atoms with Crippen molar-refractivity contribution in [2.24, 2.45) is 0 Å². The van der Waals surface area contributed by atoms with Gasteiger partial charge in [-0.2, -0.15) is 5.26 Å². The van der Waals surface area contributed by atoms with Crippen LogP contribution < -0.4 is 4.74 Å². The number of esters is 1. The SMILES string of the molecule is C=C(C)C(=O)OCCCCCCCCCCCOc1ccc(C=C(C#N)c2ccccc2)cc1. The van der Waals surface area contributed by atoms with E-state index in [4.69, 9.17) is 9.47 Å². The normalized spacial score (nSPS) is 11.0. The molecule has 0 aliphatic heterocycles. The highest BCUT2D eigenvalue weighted by Crippen LogP contribution is 2.20. The molecule has 2 rings (SSSR count). The van der Waals surface area contributed by atoms with E-state index in [2.05, 4.69) is 12.6 Å². The van der Waals surface area contributed by atoms with Crippen molar-refractivity contribution in [1.29, 1.82) is 5.26 Å². The van der Waals surface area contributed by atoms with Crippen LogP contribution in [-0.2, 0) is 9.53 Å². The molecular weight excluding hydrogens is 422 g/mol. The maximum atomic E-state index is 11.3. The minimum atomic E-state index is -0.286. The molecule has 0 N–H and O–H groups in total. The summed E-state index contributed by atoms with van der Waals surface area (Å²) in [5, 5.41) is 9.45. The van der Waals surface area contributed by atoms with Gasteiger partial charge in [0, 0.05) is 5.57 Å². The van der Waals surface area contributed by atoms with E-state index in [9.17, 15) is 10.1 Å². The Kier molecular flexibility index (Phi) is 12.9. The number of hydrogen-bond donors (Lipinski definition) is 0. The van der Waals surface area contributed by atoms with E-state index in [1.54, 1.807) is 6.92 Å². The van der Waals surface area contributed by atoms with Crippen molar-refractivity contribution in [1.82, 2.24) is 0 Å². The van der Waals surface area contributed by atoms with Gasteiger partial charge in [-0.3, -0.25) is 0 Å². The first-order valence-electron chi connectivity index (χ1n) is 12.3. The lowest BCUT2D eigenvalue weighted by Crippen LogP contribution is -2.05. The number of unbranched alkanes of at least 4 members (excludes halogenated alkanes) is 8. The number of nitrogens with zero attached hydrogens (tertiary/aromatic N) is 1. The summed E-state index contributed by atoms with van der Waals surface area (Å²) in [6.07, 6.45) is 12.4. The molecule has 0 aliphatic carbocycles. The minimum absolute atomic E-state index is 0.286. The minimum Gasteiger partial charge on any atom is -0.494 e. The van der Waals surface area contributed by atoms with Crippen LogP contribution in [0.5, 0.6) is 5.75 Å². The summed E-state index contributed by atoms with van der Waals surface area (Å²) in [4.78, 5) is 11.3. The zero-order valence-electron chi connectivity index (χ0n) is 20.4. The topological polar surface area (TPSA) is 59.3 Å². The number of rotatable bonds is 16. The van der Waals surface area contributed by atoms with Crippen LogP contribution in [-0.4, -0.2) is 19.2 Å². The van der Waals surface area contributed by atoms with E-state index in [1.807, 2.05) is 60.7 Å². The second kappa shape index (κ2) is 16.3. The van der Waals surface area contributed by atoms with Crippen LogP contribution >= 0.6 is 0 Å². The summed E-state index contributed by atoms with van der Waals surface area (Å²) in [5.74, 6) is 0.579. The monoisotopic (exact) mass is 459 g/mol. The Balaban J connectivity index is 1.50. The van der Waals surface area contributed by atoms with E-state index >= 15 is 0 Å². The van der Waals surface area contributed by atoms with Gasteiger partial charge in [0.15, 0.2) is 0 Å². The highest BCUT2D eigenvalue weighted by atomic mass is 16.5. The zero-order valence-corrected chi connectivity index (χ0v) is 20.4. The molecule has 2 aromatic rings. The van der Waals surface area contributed by atoms with Crippen LogP contribution in [0, 0.1) is 11.3 Å². The molecule has 0 amide bonds. The lowest BCUT2D eigenvalue weighted by Gasteiger charge is -2.07. The van der Waals surface area contributed by atoms with Gasteiger partial charge in [-0.05, 0) is 49.1 Å². The number of carbonyl (C=O) groups is 1. The number of hydrogen-bond acceptors (Lipinski definition) is 4. The molecule has 0 saturated carbocycles. The summed E-state index contributed by atoms with van der Waals surface area (Å²) < 4.78 is 11.0. The lowest BCUT2D eigenvalue weighted by molar-refractivity contribution is -0.139. The molecule has 180 valence electrons. The first kappa shape index (κ1) is 26.9. The van der Waals surface area contributed by atoms with Gasteiger partial charge in [-0.1, -0.05) is 94.0 Å². The maximum absolute atomic E-state index is 11.3. The van der Waals surface area contributed by atoms with E-state index in [0.717, 1.165) is 42.7 Å². The molecule has 0 bridgehead atoms. The molecule has 0 spiro atoms. The molecule has 0 saturated heterocycles. The standard InChI is InChI=1S/C30H37NO3/c1-25(2)30(32)34-22-14-9-7-5-3-4-6-8-13-21-33-29-19-17-26(18-20-29)23-28(24-31)27-15-11-10-12-16-27/h10-12,15-20,23H,1,3-9,13-14,21-22H2,2H3. The molecule has 0 aromatic heterocycles. The predicted octanol–water partition coefficient (Wildman–Crippen LogP) is 7.76. The summed E-state index contributed by atoms with van der Waals surface area (Å²) in [6.45, 7) is 6.47. The van der Waals surface area contributed by atoms with Crippen molar-refractivity contribution in [3.05, 3.63) is 77.9 Å². The second-order valence-corrected chi connectivity index (χ2v) is 8.55. The van der Waals surface area contributed by atoms with Crippen LogP contribution in [0.1, 0.15) is 75.8 Å². The molecule has 0 radical (unpaired) electrons. The largest absolute Gasteiger partial charge is 0.494 e. The Bertz CT molecular complexity index is 939. The van der Waals surface area contributed by atoms with Crippen molar-refractivity contribution >= 4 is 17.6 Å². The molecule has 2 aromatic carbocycles. The average Bonchev–Trinajstić information content (AvgIpc) is 2.86. The zero-order chi connectivity index (χ0) is 24.4. The van der Waals surface area contributed by atoms with Crippen LogP contribution in [0.4, 0.5) is 0 Å². The summed E-state index contributed by atoms with van der Waals surface area (Å²) >= 11 is 0. The van der Waals surface area contributed by atoms with Gasteiger partial charge >= 0.3 is 5.97 Å². The molecule has 0 heterocycles. The van der Waals surface area contributed by atoms with E-state index in [0.29, 0.717) is 17.8 Å². The lowest BCUT2D eigenvalue weighted by atomic mass is 10.0. The first-order valence-corrected chi connectivity index (χ1v) is 12.3. The quantitative estimate of drug-likeness (QED) is 0.0846. The molecule has 4 nitrogen and oxygen atoms in total. The Morgan fingerprint density at radius 3 is 1.97 bits per heavy atom. The van der Waals surface area contributed by atoms with E-state index in [1.165, 1.54) is 38.5 Å². The third kappa shape index (κ3) is 11.0. The highest BCUT2D eigenvalue weighted by molar-refractivity contribution is 5.89. The van der Waals surface area contributed by atoms with Crippen LogP contribution in [0.25, 0.3) is 11.6 Å². The molecular formula is C30H37NO3.